The van der Waals surface area contributed by atoms with Crippen molar-refractivity contribution in [3.8, 4) is 11.5 Å². The Hall–Kier alpha value is -3.54. The van der Waals surface area contributed by atoms with E-state index in [0.717, 1.165) is 10.8 Å². The molecule has 2 N–H and O–H groups in total. The maximum Gasteiger partial charge on any atom is 0.258 e. The number of carbonyl (C=O) groups excluding carboxylic acids is 2. The second-order valence-electron chi connectivity index (χ2n) is 5.82. The molecule has 0 saturated heterocycles. The summed E-state index contributed by atoms with van der Waals surface area (Å²) in [5, 5.41) is 7.34. The van der Waals surface area contributed by atoms with Gasteiger partial charge in [-0.05, 0) is 35.7 Å². The van der Waals surface area contributed by atoms with Crippen molar-refractivity contribution in [3.05, 3.63) is 66.7 Å². The fraction of sp³-hybridized carbons (Fsp3) is 0.143. The van der Waals surface area contributed by atoms with Crippen LogP contribution in [0.2, 0.25) is 0 Å². The normalized spacial score (nSPS) is 10.3. The van der Waals surface area contributed by atoms with Gasteiger partial charge >= 0.3 is 0 Å². The third-order valence-corrected chi connectivity index (χ3v) is 3.94. The molecule has 3 rings (SSSR count). The molecule has 2 amide bonds. The molecule has 0 aliphatic rings. The SMILES string of the molecule is COc1ccc(OCC(=O)NCC(=O)Nc2cccc3ccccc23)cc1. The first-order chi connectivity index (χ1) is 13.2. The van der Waals surface area contributed by atoms with Gasteiger partial charge in [0.15, 0.2) is 6.61 Å². The second-order valence-corrected chi connectivity index (χ2v) is 5.82. The van der Waals surface area contributed by atoms with Crippen molar-refractivity contribution in [1.29, 1.82) is 0 Å². The molecule has 3 aromatic carbocycles. The van der Waals surface area contributed by atoms with Crippen LogP contribution in [0.5, 0.6) is 11.5 Å². The molecule has 0 heterocycles. The van der Waals surface area contributed by atoms with Crippen LogP contribution in [0.3, 0.4) is 0 Å². The summed E-state index contributed by atoms with van der Waals surface area (Å²) < 4.78 is 10.4. The number of amides is 2. The van der Waals surface area contributed by atoms with Crippen molar-refractivity contribution in [3.63, 3.8) is 0 Å². The van der Waals surface area contributed by atoms with Crippen LogP contribution in [0.15, 0.2) is 66.7 Å². The van der Waals surface area contributed by atoms with Gasteiger partial charge in [0, 0.05) is 11.1 Å². The van der Waals surface area contributed by atoms with Crippen molar-refractivity contribution in [2.45, 2.75) is 0 Å². The highest BCUT2D eigenvalue weighted by atomic mass is 16.5. The molecule has 0 aliphatic carbocycles. The van der Waals surface area contributed by atoms with Crippen molar-refractivity contribution in [2.24, 2.45) is 0 Å². The molecule has 138 valence electrons. The quantitative estimate of drug-likeness (QED) is 0.676. The number of anilines is 1. The summed E-state index contributed by atoms with van der Waals surface area (Å²) >= 11 is 0. The number of carbonyl (C=O) groups is 2. The van der Waals surface area contributed by atoms with E-state index in [4.69, 9.17) is 9.47 Å². The van der Waals surface area contributed by atoms with Gasteiger partial charge < -0.3 is 20.1 Å². The Morgan fingerprint density at radius 1 is 0.852 bits per heavy atom. The largest absolute Gasteiger partial charge is 0.497 e. The van der Waals surface area contributed by atoms with Crippen LogP contribution in [0, 0.1) is 0 Å². The summed E-state index contributed by atoms with van der Waals surface area (Å²) in [6, 6.07) is 20.3. The topological polar surface area (TPSA) is 76.7 Å². The van der Waals surface area contributed by atoms with Gasteiger partial charge in [-0.2, -0.15) is 0 Å². The third-order valence-electron chi connectivity index (χ3n) is 3.94. The molecule has 0 radical (unpaired) electrons. The molecule has 0 saturated carbocycles. The molecule has 3 aromatic rings. The molecule has 0 unspecified atom stereocenters. The number of fused-ring (bicyclic) bond motifs is 1. The summed E-state index contributed by atoms with van der Waals surface area (Å²) in [5.74, 6) is 0.575. The number of nitrogens with one attached hydrogen (secondary N) is 2. The van der Waals surface area contributed by atoms with Gasteiger partial charge in [-0.3, -0.25) is 9.59 Å². The Kier molecular flexibility index (Phi) is 5.89. The van der Waals surface area contributed by atoms with E-state index >= 15 is 0 Å². The predicted molar refractivity (Wildman–Crippen MR) is 104 cm³/mol. The lowest BCUT2D eigenvalue weighted by Gasteiger charge is -2.10. The number of methoxy groups -OCH3 is 1. The smallest absolute Gasteiger partial charge is 0.258 e. The van der Waals surface area contributed by atoms with Crippen LogP contribution >= 0.6 is 0 Å². The lowest BCUT2D eigenvalue weighted by molar-refractivity contribution is -0.125. The number of rotatable bonds is 7. The fourth-order valence-electron chi connectivity index (χ4n) is 2.58. The Morgan fingerprint density at radius 3 is 2.33 bits per heavy atom. The van der Waals surface area contributed by atoms with E-state index in [9.17, 15) is 9.59 Å². The highest BCUT2D eigenvalue weighted by Crippen LogP contribution is 2.22. The molecule has 0 spiro atoms. The van der Waals surface area contributed by atoms with Crippen LogP contribution in [0.4, 0.5) is 5.69 Å². The molecule has 27 heavy (non-hydrogen) atoms. The highest BCUT2D eigenvalue weighted by molar-refractivity contribution is 6.03. The van der Waals surface area contributed by atoms with E-state index in [-0.39, 0.29) is 25.0 Å². The van der Waals surface area contributed by atoms with Gasteiger partial charge in [-0.1, -0.05) is 36.4 Å². The summed E-state index contributed by atoms with van der Waals surface area (Å²) in [4.78, 5) is 24.0. The Bertz CT molecular complexity index is 933. The minimum atomic E-state index is -0.376. The Balaban J connectivity index is 1.47. The van der Waals surface area contributed by atoms with Gasteiger partial charge in [-0.15, -0.1) is 0 Å². The maximum atomic E-state index is 12.1. The van der Waals surface area contributed by atoms with E-state index in [2.05, 4.69) is 10.6 Å². The van der Waals surface area contributed by atoms with Crippen molar-refractivity contribution < 1.29 is 19.1 Å². The Morgan fingerprint density at radius 2 is 1.56 bits per heavy atom. The van der Waals surface area contributed by atoms with E-state index < -0.39 is 0 Å². The van der Waals surface area contributed by atoms with Crippen molar-refractivity contribution in [2.75, 3.05) is 25.6 Å². The van der Waals surface area contributed by atoms with Gasteiger partial charge in [0.25, 0.3) is 5.91 Å². The average Bonchev–Trinajstić information content (AvgIpc) is 2.71. The zero-order chi connectivity index (χ0) is 19.1. The molecule has 6 nitrogen and oxygen atoms in total. The van der Waals surface area contributed by atoms with E-state index in [1.54, 1.807) is 31.4 Å². The van der Waals surface area contributed by atoms with Crippen LogP contribution in [0.25, 0.3) is 10.8 Å². The molecule has 6 heteroatoms. The average molecular weight is 364 g/mol. The van der Waals surface area contributed by atoms with E-state index in [0.29, 0.717) is 17.2 Å². The molecule has 0 aromatic heterocycles. The monoisotopic (exact) mass is 364 g/mol. The van der Waals surface area contributed by atoms with Gasteiger partial charge in [0.05, 0.1) is 13.7 Å². The van der Waals surface area contributed by atoms with Crippen molar-refractivity contribution >= 4 is 28.3 Å². The zero-order valence-corrected chi connectivity index (χ0v) is 14.9. The second kappa shape index (κ2) is 8.71. The van der Waals surface area contributed by atoms with Gasteiger partial charge in [-0.25, -0.2) is 0 Å². The number of hydrogen-bond donors (Lipinski definition) is 2. The highest BCUT2D eigenvalue weighted by Gasteiger charge is 2.08. The lowest BCUT2D eigenvalue weighted by atomic mass is 10.1. The maximum absolute atomic E-state index is 12.1. The number of hydrogen-bond acceptors (Lipinski definition) is 4. The molecular weight excluding hydrogens is 344 g/mol. The molecule has 0 fully saturated rings. The third kappa shape index (κ3) is 4.98. The summed E-state index contributed by atoms with van der Waals surface area (Å²) in [5.41, 5.74) is 0.710. The molecular formula is C21H20N2O4. The number of benzene rings is 3. The summed E-state index contributed by atoms with van der Waals surface area (Å²) in [7, 11) is 1.58. The van der Waals surface area contributed by atoms with Gasteiger partial charge in [0.1, 0.15) is 11.5 Å². The minimum absolute atomic E-state index is 0.131. The summed E-state index contributed by atoms with van der Waals surface area (Å²) in [6.45, 7) is -0.304. The van der Waals surface area contributed by atoms with Crippen LogP contribution in [0.1, 0.15) is 0 Å². The molecule has 0 atom stereocenters. The first kappa shape index (κ1) is 18.3. The first-order valence-electron chi connectivity index (χ1n) is 8.47. The van der Waals surface area contributed by atoms with Crippen molar-refractivity contribution in [1.82, 2.24) is 5.32 Å². The summed E-state index contributed by atoms with van der Waals surface area (Å²) in [6.07, 6.45) is 0. The lowest BCUT2D eigenvalue weighted by Crippen LogP contribution is -2.35. The Labute approximate surface area is 157 Å². The van der Waals surface area contributed by atoms with Crippen LogP contribution < -0.4 is 20.1 Å². The minimum Gasteiger partial charge on any atom is -0.497 e. The molecule has 0 aliphatic heterocycles. The first-order valence-corrected chi connectivity index (χ1v) is 8.47. The van der Waals surface area contributed by atoms with Crippen LogP contribution in [-0.2, 0) is 9.59 Å². The van der Waals surface area contributed by atoms with E-state index in [1.807, 2.05) is 42.5 Å². The standard InChI is InChI=1S/C21H20N2O4/c1-26-16-9-11-17(12-10-16)27-14-21(25)22-13-20(24)23-19-8-4-6-15-5-2-3-7-18(15)19/h2-12H,13-14H2,1H3,(H,22,25)(H,23,24). The molecule has 0 bridgehead atoms. The van der Waals surface area contributed by atoms with Gasteiger partial charge in [0.2, 0.25) is 5.91 Å². The zero-order valence-electron chi connectivity index (χ0n) is 14.9. The predicted octanol–water partition coefficient (Wildman–Crippen LogP) is 2.98. The van der Waals surface area contributed by atoms with Crippen LogP contribution in [-0.4, -0.2) is 32.1 Å². The fourth-order valence-corrected chi connectivity index (χ4v) is 2.58. The van der Waals surface area contributed by atoms with E-state index in [1.165, 1.54) is 0 Å². The number of ether oxygens (including phenoxy) is 2.